The third-order valence-corrected chi connectivity index (χ3v) is 1.79. The number of nitrogens with one attached hydrogen (secondary N) is 1. The Morgan fingerprint density at radius 1 is 1.50 bits per heavy atom. The lowest BCUT2D eigenvalue weighted by Gasteiger charge is -2.09. The molecule has 0 aromatic heterocycles. The summed E-state index contributed by atoms with van der Waals surface area (Å²) in [6.45, 7) is 2.24. The van der Waals surface area contributed by atoms with Crippen molar-refractivity contribution in [2.24, 2.45) is 0 Å². The van der Waals surface area contributed by atoms with E-state index < -0.39 is 0 Å². The van der Waals surface area contributed by atoms with E-state index in [2.05, 4.69) is 5.32 Å². The third kappa shape index (κ3) is 2.72. The van der Waals surface area contributed by atoms with Gasteiger partial charge in [-0.1, -0.05) is 23.7 Å². The van der Waals surface area contributed by atoms with Crippen LogP contribution in [0, 0.1) is 0 Å². The summed E-state index contributed by atoms with van der Waals surface area (Å²) in [6, 6.07) is 7.46. The van der Waals surface area contributed by atoms with Gasteiger partial charge in [0.15, 0.2) is 0 Å². The van der Waals surface area contributed by atoms with Gasteiger partial charge >= 0.3 is 0 Å². The van der Waals surface area contributed by atoms with Gasteiger partial charge in [0.25, 0.3) is 0 Å². The summed E-state index contributed by atoms with van der Waals surface area (Å²) in [5, 5.41) is 12.7. The van der Waals surface area contributed by atoms with E-state index in [0.717, 1.165) is 5.69 Å². The largest absolute Gasteiger partial charge is 0.392 e. The van der Waals surface area contributed by atoms with Crippen LogP contribution in [0.3, 0.4) is 0 Å². The molecular weight excluding hydrogens is 174 g/mol. The molecule has 0 heterocycles. The van der Waals surface area contributed by atoms with Gasteiger partial charge in [-0.15, -0.1) is 0 Å². The molecule has 0 fully saturated rings. The molecule has 12 heavy (non-hydrogen) atoms. The smallest absolute Gasteiger partial charge is 0.0684 e. The highest BCUT2D eigenvalue weighted by Crippen LogP contribution is 2.19. The highest BCUT2D eigenvalue weighted by atomic mass is 35.5. The van der Waals surface area contributed by atoms with E-state index in [4.69, 9.17) is 16.7 Å². The Balaban J connectivity index is 2.57. The van der Waals surface area contributed by atoms with E-state index in [1.165, 1.54) is 0 Å². The van der Waals surface area contributed by atoms with Crippen LogP contribution in [0.15, 0.2) is 24.3 Å². The first-order valence-corrected chi connectivity index (χ1v) is 4.24. The Kier molecular flexibility index (Phi) is 3.38. The van der Waals surface area contributed by atoms with Gasteiger partial charge < -0.3 is 10.4 Å². The van der Waals surface area contributed by atoms with Crippen LogP contribution in [0.1, 0.15) is 6.92 Å². The summed E-state index contributed by atoms with van der Waals surface area (Å²) in [5.74, 6) is 0. The number of anilines is 1. The molecule has 0 bridgehead atoms. The van der Waals surface area contributed by atoms with Gasteiger partial charge in [-0.25, -0.2) is 0 Å². The minimum atomic E-state index is -0.360. The predicted molar refractivity (Wildman–Crippen MR) is 51.6 cm³/mol. The van der Waals surface area contributed by atoms with Crippen molar-refractivity contribution in [2.45, 2.75) is 13.0 Å². The topological polar surface area (TPSA) is 32.3 Å². The fraction of sp³-hybridized carbons (Fsp3) is 0.333. The second-order valence-corrected chi connectivity index (χ2v) is 3.12. The van der Waals surface area contributed by atoms with E-state index in [9.17, 15) is 0 Å². The Morgan fingerprint density at radius 2 is 2.17 bits per heavy atom. The van der Waals surface area contributed by atoms with E-state index in [0.29, 0.717) is 11.6 Å². The van der Waals surface area contributed by atoms with E-state index in [1.54, 1.807) is 6.92 Å². The zero-order chi connectivity index (χ0) is 8.97. The molecule has 0 aliphatic carbocycles. The second kappa shape index (κ2) is 4.33. The third-order valence-electron chi connectivity index (χ3n) is 1.46. The monoisotopic (exact) mass is 185 g/mol. The molecule has 0 amide bonds. The first-order chi connectivity index (χ1) is 5.70. The first-order valence-electron chi connectivity index (χ1n) is 3.86. The summed E-state index contributed by atoms with van der Waals surface area (Å²) < 4.78 is 0. The van der Waals surface area contributed by atoms with Crippen molar-refractivity contribution in [2.75, 3.05) is 11.9 Å². The molecule has 1 aromatic carbocycles. The van der Waals surface area contributed by atoms with Gasteiger partial charge in [-0.3, -0.25) is 0 Å². The highest BCUT2D eigenvalue weighted by Gasteiger charge is 1.98. The summed E-state index contributed by atoms with van der Waals surface area (Å²) in [7, 11) is 0. The zero-order valence-corrected chi connectivity index (χ0v) is 7.67. The normalized spacial score (nSPS) is 12.6. The first kappa shape index (κ1) is 9.36. The molecular formula is C9H12ClNO. The van der Waals surface area contributed by atoms with Gasteiger partial charge in [-0.05, 0) is 19.1 Å². The van der Waals surface area contributed by atoms with E-state index in [1.807, 2.05) is 24.3 Å². The number of hydrogen-bond acceptors (Lipinski definition) is 2. The molecule has 1 rings (SSSR count). The standard InChI is InChI=1S/C9H12ClNO/c1-7(12)6-11-9-5-3-2-4-8(9)10/h2-5,7,11-12H,6H2,1H3/t7-/m1/s1. The molecule has 66 valence electrons. The zero-order valence-electron chi connectivity index (χ0n) is 6.92. The molecule has 2 N–H and O–H groups in total. The Labute approximate surface area is 77.2 Å². The van der Waals surface area contributed by atoms with Gasteiger partial charge in [-0.2, -0.15) is 0 Å². The number of rotatable bonds is 3. The Hall–Kier alpha value is -0.730. The predicted octanol–water partition coefficient (Wildman–Crippen LogP) is 2.13. The van der Waals surface area contributed by atoms with Crippen LogP contribution in [0.2, 0.25) is 5.02 Å². The maximum atomic E-state index is 9.00. The van der Waals surface area contributed by atoms with Crippen LogP contribution in [-0.4, -0.2) is 17.8 Å². The molecule has 1 atom stereocenters. The van der Waals surface area contributed by atoms with Crippen molar-refractivity contribution in [1.29, 1.82) is 0 Å². The van der Waals surface area contributed by atoms with Crippen molar-refractivity contribution in [3.63, 3.8) is 0 Å². The van der Waals surface area contributed by atoms with Crippen molar-refractivity contribution in [3.8, 4) is 0 Å². The molecule has 2 nitrogen and oxygen atoms in total. The molecule has 0 spiro atoms. The highest BCUT2D eigenvalue weighted by molar-refractivity contribution is 6.33. The Bertz CT molecular complexity index is 250. The van der Waals surface area contributed by atoms with E-state index in [-0.39, 0.29) is 6.10 Å². The molecule has 0 saturated carbocycles. The van der Waals surface area contributed by atoms with Crippen LogP contribution in [0.25, 0.3) is 0 Å². The fourth-order valence-electron chi connectivity index (χ4n) is 0.862. The average molecular weight is 186 g/mol. The lowest BCUT2D eigenvalue weighted by atomic mass is 10.3. The van der Waals surface area contributed by atoms with Crippen molar-refractivity contribution >= 4 is 17.3 Å². The molecule has 3 heteroatoms. The molecule has 1 aromatic rings. The fourth-order valence-corrected chi connectivity index (χ4v) is 1.06. The summed E-state index contributed by atoms with van der Waals surface area (Å²) in [5.41, 5.74) is 0.861. The van der Waals surface area contributed by atoms with Crippen LogP contribution < -0.4 is 5.32 Å². The molecule has 0 aliphatic rings. The minimum absolute atomic E-state index is 0.360. The lowest BCUT2D eigenvalue weighted by Crippen LogP contribution is -2.15. The number of aliphatic hydroxyl groups excluding tert-OH is 1. The quantitative estimate of drug-likeness (QED) is 0.756. The number of para-hydroxylation sites is 1. The van der Waals surface area contributed by atoms with Crippen molar-refractivity contribution in [1.82, 2.24) is 0 Å². The summed E-state index contributed by atoms with van der Waals surface area (Å²) in [6.07, 6.45) is -0.360. The Morgan fingerprint density at radius 3 is 2.75 bits per heavy atom. The number of benzene rings is 1. The maximum Gasteiger partial charge on any atom is 0.0684 e. The van der Waals surface area contributed by atoms with Gasteiger partial charge in [0.05, 0.1) is 16.8 Å². The minimum Gasteiger partial charge on any atom is -0.392 e. The molecule has 0 aliphatic heterocycles. The number of hydrogen-bond donors (Lipinski definition) is 2. The van der Waals surface area contributed by atoms with Crippen molar-refractivity contribution < 1.29 is 5.11 Å². The van der Waals surface area contributed by atoms with Crippen LogP contribution in [-0.2, 0) is 0 Å². The van der Waals surface area contributed by atoms with Crippen LogP contribution in [0.5, 0.6) is 0 Å². The second-order valence-electron chi connectivity index (χ2n) is 2.71. The van der Waals surface area contributed by atoms with E-state index >= 15 is 0 Å². The maximum absolute atomic E-state index is 9.00. The van der Waals surface area contributed by atoms with Crippen LogP contribution in [0.4, 0.5) is 5.69 Å². The molecule has 0 saturated heterocycles. The summed E-state index contributed by atoms with van der Waals surface area (Å²) >= 11 is 5.86. The van der Waals surface area contributed by atoms with Crippen LogP contribution >= 0.6 is 11.6 Å². The number of halogens is 1. The molecule has 0 unspecified atom stereocenters. The van der Waals surface area contributed by atoms with Gasteiger partial charge in [0, 0.05) is 6.54 Å². The summed E-state index contributed by atoms with van der Waals surface area (Å²) in [4.78, 5) is 0. The molecule has 0 radical (unpaired) electrons. The van der Waals surface area contributed by atoms with Gasteiger partial charge in [0.1, 0.15) is 0 Å². The van der Waals surface area contributed by atoms with Crippen molar-refractivity contribution in [3.05, 3.63) is 29.3 Å². The number of aliphatic hydroxyl groups is 1. The lowest BCUT2D eigenvalue weighted by molar-refractivity contribution is 0.208. The SMILES string of the molecule is C[C@@H](O)CNc1ccccc1Cl. The average Bonchev–Trinajstić information content (AvgIpc) is 2.03. The van der Waals surface area contributed by atoms with Gasteiger partial charge in [0.2, 0.25) is 0 Å².